The second-order valence-corrected chi connectivity index (χ2v) is 10.2. The van der Waals surface area contributed by atoms with Crippen molar-refractivity contribution in [3.63, 3.8) is 0 Å². The SMILES string of the molecule is CSN1c2c(C)c(CC(=O)O)c(C3=Cc4ccccc4CCC3)c(C)c2-c2ncc(F)cc2[C@@H]1C. The van der Waals surface area contributed by atoms with E-state index in [0.717, 1.165) is 69.6 Å². The minimum Gasteiger partial charge on any atom is -0.481 e. The standard InChI is InChI=1S/C29H29FN2O2S/c1-16-23(14-25(33)34)26(21-11-7-10-19-8-5-6-9-20(19)12-21)17(2)27-28-24(13-22(30)15-31-28)18(3)32(35-4)29(16)27/h5-6,8-9,12-13,15,18H,7,10-11,14H2,1-4H3,(H,33,34)/t18-/m0/s1. The maximum atomic E-state index is 14.3. The minimum atomic E-state index is -0.844. The Labute approximate surface area is 210 Å². The van der Waals surface area contributed by atoms with Gasteiger partial charge < -0.3 is 9.41 Å². The molecule has 1 atom stereocenters. The lowest BCUT2D eigenvalue weighted by molar-refractivity contribution is -0.136. The Morgan fingerprint density at radius 2 is 1.97 bits per heavy atom. The summed E-state index contributed by atoms with van der Waals surface area (Å²) in [7, 11) is 0. The van der Waals surface area contributed by atoms with Gasteiger partial charge in [-0.2, -0.15) is 0 Å². The number of aliphatic carboxylic acids is 1. The zero-order chi connectivity index (χ0) is 24.9. The van der Waals surface area contributed by atoms with Gasteiger partial charge in [0, 0.05) is 17.4 Å². The number of hydrogen-bond donors (Lipinski definition) is 1. The molecule has 0 spiro atoms. The third kappa shape index (κ3) is 3.94. The van der Waals surface area contributed by atoms with E-state index in [0.29, 0.717) is 0 Å². The van der Waals surface area contributed by atoms with E-state index in [9.17, 15) is 14.3 Å². The van der Waals surface area contributed by atoms with E-state index in [2.05, 4.69) is 40.5 Å². The van der Waals surface area contributed by atoms with Crippen molar-refractivity contribution in [2.75, 3.05) is 10.6 Å². The normalized spacial score (nSPS) is 16.7. The van der Waals surface area contributed by atoms with Crippen LogP contribution < -0.4 is 4.31 Å². The number of benzene rings is 2. The van der Waals surface area contributed by atoms with Gasteiger partial charge in [-0.1, -0.05) is 42.3 Å². The summed E-state index contributed by atoms with van der Waals surface area (Å²) >= 11 is 1.57. The molecule has 3 aromatic rings. The number of pyridine rings is 1. The second kappa shape index (κ2) is 9.15. The third-order valence-corrected chi connectivity index (χ3v) is 8.25. The zero-order valence-electron chi connectivity index (χ0n) is 20.5. The number of aromatic nitrogens is 1. The van der Waals surface area contributed by atoms with Gasteiger partial charge in [0.05, 0.1) is 30.0 Å². The molecule has 6 heteroatoms. The Kier molecular flexibility index (Phi) is 6.18. The number of carboxylic acids is 1. The molecule has 1 N–H and O–H groups in total. The van der Waals surface area contributed by atoms with Crippen molar-refractivity contribution in [2.24, 2.45) is 0 Å². The molecule has 5 rings (SSSR count). The fourth-order valence-electron chi connectivity index (χ4n) is 5.80. The molecule has 4 nitrogen and oxygen atoms in total. The van der Waals surface area contributed by atoms with Crippen LogP contribution in [-0.2, 0) is 17.6 Å². The van der Waals surface area contributed by atoms with Gasteiger partial charge in [0.15, 0.2) is 0 Å². The number of nitrogens with zero attached hydrogens (tertiary/aromatic N) is 2. The lowest BCUT2D eigenvalue weighted by atomic mass is 9.80. The lowest BCUT2D eigenvalue weighted by Gasteiger charge is -2.39. The summed E-state index contributed by atoms with van der Waals surface area (Å²) in [6.07, 6.45) is 8.33. The van der Waals surface area contributed by atoms with E-state index in [-0.39, 0.29) is 18.3 Å². The van der Waals surface area contributed by atoms with Crippen LogP contribution in [0.2, 0.25) is 0 Å². The van der Waals surface area contributed by atoms with Crippen molar-refractivity contribution in [1.82, 2.24) is 4.98 Å². The quantitative estimate of drug-likeness (QED) is 0.395. The maximum absolute atomic E-state index is 14.3. The molecule has 1 aliphatic heterocycles. The molecule has 2 aromatic carbocycles. The van der Waals surface area contributed by atoms with E-state index in [4.69, 9.17) is 0 Å². The highest BCUT2D eigenvalue weighted by molar-refractivity contribution is 8.00. The monoisotopic (exact) mass is 488 g/mol. The van der Waals surface area contributed by atoms with Crippen molar-refractivity contribution < 1.29 is 14.3 Å². The average Bonchev–Trinajstić information content (AvgIpc) is 3.04. The smallest absolute Gasteiger partial charge is 0.307 e. The zero-order valence-corrected chi connectivity index (χ0v) is 21.3. The highest BCUT2D eigenvalue weighted by Crippen LogP contribution is 2.52. The number of carboxylic acid groups (broad SMARTS) is 1. The van der Waals surface area contributed by atoms with E-state index < -0.39 is 5.97 Å². The first kappa shape index (κ1) is 23.6. The first-order chi connectivity index (χ1) is 16.8. The van der Waals surface area contributed by atoms with E-state index >= 15 is 0 Å². The highest BCUT2D eigenvalue weighted by atomic mass is 32.2. The second-order valence-electron chi connectivity index (χ2n) is 9.40. The fraction of sp³-hybridized carbons (Fsp3) is 0.310. The molecule has 180 valence electrons. The third-order valence-electron chi connectivity index (χ3n) is 7.36. The maximum Gasteiger partial charge on any atom is 0.307 e. The summed E-state index contributed by atoms with van der Waals surface area (Å²) in [4.78, 5) is 16.6. The molecule has 0 fully saturated rings. The van der Waals surface area contributed by atoms with Gasteiger partial charge >= 0.3 is 5.97 Å². The Morgan fingerprint density at radius 3 is 2.71 bits per heavy atom. The van der Waals surface area contributed by atoms with Crippen molar-refractivity contribution in [3.8, 4) is 11.3 Å². The molecule has 1 aromatic heterocycles. The summed E-state index contributed by atoms with van der Waals surface area (Å²) in [6, 6.07) is 9.91. The van der Waals surface area contributed by atoms with Gasteiger partial charge in [0.1, 0.15) is 5.82 Å². The highest BCUT2D eigenvalue weighted by Gasteiger charge is 2.35. The molecule has 0 saturated heterocycles. The number of halogens is 1. The largest absolute Gasteiger partial charge is 0.481 e. The molecular formula is C29H29FN2O2S. The molecule has 0 amide bonds. The molecule has 1 aliphatic carbocycles. The summed E-state index contributed by atoms with van der Waals surface area (Å²) in [5.74, 6) is -1.19. The van der Waals surface area contributed by atoms with Crippen LogP contribution in [0.4, 0.5) is 10.1 Å². The van der Waals surface area contributed by atoms with Gasteiger partial charge in [-0.3, -0.25) is 9.78 Å². The van der Waals surface area contributed by atoms with Crippen LogP contribution in [0.5, 0.6) is 0 Å². The summed E-state index contributed by atoms with van der Waals surface area (Å²) in [5.41, 5.74) is 11.1. The van der Waals surface area contributed by atoms with Crippen LogP contribution in [0, 0.1) is 19.7 Å². The van der Waals surface area contributed by atoms with Gasteiger partial charge in [0.25, 0.3) is 0 Å². The first-order valence-electron chi connectivity index (χ1n) is 12.0. The Bertz CT molecular complexity index is 1380. The Balaban J connectivity index is 1.86. The number of allylic oxidation sites excluding steroid dienone is 1. The average molecular weight is 489 g/mol. The molecule has 2 heterocycles. The van der Waals surface area contributed by atoms with E-state index in [1.165, 1.54) is 17.3 Å². The Hall–Kier alpha value is -3.12. The van der Waals surface area contributed by atoms with Crippen LogP contribution >= 0.6 is 11.9 Å². The van der Waals surface area contributed by atoms with Crippen LogP contribution in [-0.4, -0.2) is 22.3 Å². The molecule has 0 unspecified atom stereocenters. The lowest BCUT2D eigenvalue weighted by Crippen LogP contribution is -2.27. The number of aryl methyl sites for hydroxylation is 1. The molecule has 0 bridgehead atoms. The van der Waals surface area contributed by atoms with Crippen LogP contribution in [0.25, 0.3) is 22.9 Å². The van der Waals surface area contributed by atoms with Crippen LogP contribution in [0.15, 0.2) is 36.5 Å². The fourth-order valence-corrected chi connectivity index (χ4v) is 6.64. The minimum absolute atomic E-state index is 0.0470. The summed E-state index contributed by atoms with van der Waals surface area (Å²) in [5, 5.41) is 9.89. The molecule has 2 aliphatic rings. The molecule has 0 saturated carbocycles. The molecule has 35 heavy (non-hydrogen) atoms. The van der Waals surface area contributed by atoms with Gasteiger partial charge in [-0.25, -0.2) is 4.39 Å². The topological polar surface area (TPSA) is 53.4 Å². The Morgan fingerprint density at radius 1 is 1.20 bits per heavy atom. The summed E-state index contributed by atoms with van der Waals surface area (Å²) < 4.78 is 16.4. The molecule has 0 radical (unpaired) electrons. The number of hydrogen-bond acceptors (Lipinski definition) is 4. The number of fused-ring (bicyclic) bond motifs is 4. The van der Waals surface area contributed by atoms with Crippen molar-refractivity contribution in [1.29, 1.82) is 0 Å². The number of anilines is 1. The first-order valence-corrected chi connectivity index (χ1v) is 13.2. The van der Waals surface area contributed by atoms with Crippen LogP contribution in [0.3, 0.4) is 0 Å². The van der Waals surface area contributed by atoms with Gasteiger partial charge in [0.2, 0.25) is 0 Å². The molecular weight excluding hydrogens is 459 g/mol. The summed E-state index contributed by atoms with van der Waals surface area (Å²) in [6.45, 7) is 6.14. The van der Waals surface area contributed by atoms with E-state index in [1.807, 2.05) is 26.2 Å². The van der Waals surface area contributed by atoms with Gasteiger partial charge in [-0.05, 0) is 85.1 Å². The number of carbonyl (C=O) groups is 1. The van der Waals surface area contributed by atoms with Crippen molar-refractivity contribution in [3.05, 3.63) is 81.3 Å². The predicted octanol–water partition coefficient (Wildman–Crippen LogP) is 7.17. The van der Waals surface area contributed by atoms with Gasteiger partial charge in [-0.15, -0.1) is 0 Å². The van der Waals surface area contributed by atoms with Crippen molar-refractivity contribution >= 4 is 35.3 Å². The number of rotatable bonds is 4. The van der Waals surface area contributed by atoms with E-state index in [1.54, 1.807) is 18.0 Å². The van der Waals surface area contributed by atoms with Crippen LogP contribution in [0.1, 0.15) is 64.8 Å². The van der Waals surface area contributed by atoms with Crippen molar-refractivity contribution in [2.45, 2.75) is 52.5 Å². The predicted molar refractivity (Wildman–Crippen MR) is 142 cm³/mol.